The van der Waals surface area contributed by atoms with E-state index < -0.39 is 11.2 Å². The number of hydrogen-bond donors (Lipinski definition) is 2. The maximum Gasteiger partial charge on any atom is 0.218 e. The van der Waals surface area contributed by atoms with Gasteiger partial charge in [0.2, 0.25) is 11.2 Å². The molecule has 0 fully saturated rings. The van der Waals surface area contributed by atoms with Gasteiger partial charge in [0.1, 0.15) is 0 Å². The third-order valence-electron chi connectivity index (χ3n) is 0.992. The van der Waals surface area contributed by atoms with Crippen LogP contribution in [0, 0.1) is 0 Å². The van der Waals surface area contributed by atoms with Gasteiger partial charge in [0.15, 0.2) is 0 Å². The molecule has 0 aromatic rings. The maximum absolute atomic E-state index is 8.81. The van der Waals surface area contributed by atoms with Crippen LogP contribution in [0.25, 0.3) is 0 Å². The van der Waals surface area contributed by atoms with Crippen LogP contribution in [-0.2, 0) is 8.37 Å². The van der Waals surface area contributed by atoms with E-state index in [0.717, 1.165) is 0 Å². The van der Waals surface area contributed by atoms with E-state index in [1.54, 1.807) is 0 Å². The van der Waals surface area contributed by atoms with Gasteiger partial charge < -0.3 is 4.90 Å². The van der Waals surface area contributed by atoms with E-state index in [1.807, 2.05) is 19.0 Å². The topological polar surface area (TPSA) is 62.2 Å². The molecule has 0 aromatic heterocycles. The molecule has 0 bridgehead atoms. The highest BCUT2D eigenvalue weighted by atomic mass is 32.3. The molecule has 0 aliphatic heterocycles. The number of rotatable bonds is 5. The molecule has 11 heavy (non-hydrogen) atoms. The molecule has 2 N–H and O–H groups in total. The minimum atomic E-state index is -3.24. The van der Waals surface area contributed by atoms with E-state index >= 15 is 0 Å². The van der Waals surface area contributed by atoms with Crippen LogP contribution >= 0.6 is 11.2 Å². The summed E-state index contributed by atoms with van der Waals surface area (Å²) in [5, 5.41) is 0. The largest absolute Gasteiger partial charge is 0.307 e. The fraction of sp³-hybridized carbons (Fsp3) is 1.00. The Labute approximate surface area is 68.7 Å². The van der Waals surface area contributed by atoms with Crippen LogP contribution in [0.3, 0.4) is 0 Å². The predicted molar refractivity (Wildman–Crippen MR) is 44.4 cm³/mol. The van der Waals surface area contributed by atoms with Gasteiger partial charge in [-0.15, -0.1) is 0 Å². The Morgan fingerprint density at radius 1 is 1.36 bits per heavy atom. The first-order chi connectivity index (χ1) is 4.98. The standard InChI is InChI=1S/C5H15NO4S/c1-6(2)4-5-10-11(7,8)9-3/h7-8H,4-5H2,1-3H3. The van der Waals surface area contributed by atoms with E-state index in [9.17, 15) is 0 Å². The Morgan fingerprint density at radius 2 is 1.91 bits per heavy atom. The Kier molecular flexibility index (Phi) is 4.98. The van der Waals surface area contributed by atoms with Crippen molar-refractivity contribution >= 4 is 11.2 Å². The molecule has 0 spiro atoms. The fourth-order valence-corrected chi connectivity index (χ4v) is 0.764. The lowest BCUT2D eigenvalue weighted by Gasteiger charge is -2.23. The lowest BCUT2D eigenvalue weighted by Crippen LogP contribution is -2.19. The Hall–Kier alpha value is 0.150. The molecule has 0 amide bonds. The summed E-state index contributed by atoms with van der Waals surface area (Å²) in [4.78, 5) is 1.87. The van der Waals surface area contributed by atoms with Crippen molar-refractivity contribution < 1.29 is 17.5 Å². The van der Waals surface area contributed by atoms with Gasteiger partial charge in [0.25, 0.3) is 0 Å². The van der Waals surface area contributed by atoms with E-state index in [0.29, 0.717) is 6.54 Å². The number of hydrogen-bond acceptors (Lipinski definition) is 5. The second-order valence-corrected chi connectivity index (χ2v) is 3.70. The van der Waals surface area contributed by atoms with Crippen molar-refractivity contribution in [2.24, 2.45) is 0 Å². The van der Waals surface area contributed by atoms with Gasteiger partial charge in [0, 0.05) is 6.54 Å². The van der Waals surface area contributed by atoms with E-state index in [-0.39, 0.29) is 6.61 Å². The van der Waals surface area contributed by atoms with Gasteiger partial charge in [-0.3, -0.25) is 17.5 Å². The maximum atomic E-state index is 8.81. The van der Waals surface area contributed by atoms with E-state index in [2.05, 4.69) is 8.37 Å². The van der Waals surface area contributed by atoms with Gasteiger partial charge in [-0.05, 0) is 14.1 Å². The number of likely N-dealkylation sites (N-methyl/N-ethyl adjacent to an activating group) is 1. The van der Waals surface area contributed by atoms with Crippen molar-refractivity contribution in [3.8, 4) is 0 Å². The summed E-state index contributed by atoms with van der Waals surface area (Å²) in [6.07, 6.45) is 0. The zero-order chi connectivity index (χ0) is 8.91. The molecule has 0 unspecified atom stereocenters. The van der Waals surface area contributed by atoms with Crippen molar-refractivity contribution in [1.82, 2.24) is 4.90 Å². The molecule has 0 saturated heterocycles. The van der Waals surface area contributed by atoms with Gasteiger partial charge in [-0.2, -0.15) is 0 Å². The van der Waals surface area contributed by atoms with Crippen molar-refractivity contribution in [3.05, 3.63) is 0 Å². The molecule has 5 nitrogen and oxygen atoms in total. The highest BCUT2D eigenvalue weighted by Gasteiger charge is 2.15. The van der Waals surface area contributed by atoms with Crippen LogP contribution in [0.5, 0.6) is 0 Å². The lowest BCUT2D eigenvalue weighted by molar-refractivity contribution is 0.167. The molecular formula is C5H15NO4S. The van der Waals surface area contributed by atoms with Crippen LogP contribution in [-0.4, -0.2) is 48.4 Å². The van der Waals surface area contributed by atoms with Crippen molar-refractivity contribution in [3.63, 3.8) is 0 Å². The zero-order valence-electron chi connectivity index (χ0n) is 6.98. The van der Waals surface area contributed by atoms with Gasteiger partial charge in [-0.25, -0.2) is 0 Å². The summed E-state index contributed by atoms with van der Waals surface area (Å²) in [6.45, 7) is 0.863. The van der Waals surface area contributed by atoms with Gasteiger partial charge >= 0.3 is 0 Å². The first kappa shape index (κ1) is 11.2. The normalized spacial score (nSPS) is 14.0. The Morgan fingerprint density at radius 3 is 2.27 bits per heavy atom. The SMILES string of the molecule is COS(O)(O)OCCN(C)C. The number of nitrogens with zero attached hydrogens (tertiary/aromatic N) is 1. The Bertz CT molecular complexity index is 109. The third-order valence-corrected chi connectivity index (χ3v) is 1.90. The Balaban J connectivity index is 3.38. The smallest absolute Gasteiger partial charge is 0.218 e. The first-order valence-corrected chi connectivity index (χ1v) is 4.50. The summed E-state index contributed by atoms with van der Waals surface area (Å²) >= 11 is -3.24. The van der Waals surface area contributed by atoms with Crippen molar-refractivity contribution in [2.45, 2.75) is 0 Å². The molecule has 0 aliphatic rings. The van der Waals surface area contributed by atoms with Gasteiger partial charge in [0.05, 0.1) is 13.7 Å². The van der Waals surface area contributed by atoms with Crippen molar-refractivity contribution in [2.75, 3.05) is 34.4 Å². The quantitative estimate of drug-likeness (QED) is 0.663. The molecule has 0 atom stereocenters. The van der Waals surface area contributed by atoms with E-state index in [4.69, 9.17) is 9.11 Å². The van der Waals surface area contributed by atoms with Crippen LogP contribution in [0.2, 0.25) is 0 Å². The predicted octanol–water partition coefficient (Wildman–Crippen LogP) is 0.792. The van der Waals surface area contributed by atoms with Crippen LogP contribution in [0.1, 0.15) is 0 Å². The highest BCUT2D eigenvalue weighted by molar-refractivity contribution is 8.15. The highest BCUT2D eigenvalue weighted by Crippen LogP contribution is 2.39. The van der Waals surface area contributed by atoms with E-state index in [1.165, 1.54) is 7.11 Å². The average molecular weight is 185 g/mol. The molecular weight excluding hydrogens is 170 g/mol. The summed E-state index contributed by atoms with van der Waals surface area (Å²) in [7, 11) is 4.91. The fourth-order valence-electron chi connectivity index (χ4n) is 0.377. The first-order valence-electron chi connectivity index (χ1n) is 3.11. The molecule has 0 rings (SSSR count). The second-order valence-electron chi connectivity index (χ2n) is 2.24. The monoisotopic (exact) mass is 185 g/mol. The van der Waals surface area contributed by atoms with Crippen LogP contribution < -0.4 is 0 Å². The zero-order valence-corrected chi connectivity index (χ0v) is 7.80. The molecule has 0 radical (unpaired) electrons. The molecule has 0 aromatic carbocycles. The van der Waals surface area contributed by atoms with Crippen LogP contribution in [0.4, 0.5) is 0 Å². The molecule has 6 heteroatoms. The van der Waals surface area contributed by atoms with Gasteiger partial charge in [-0.1, -0.05) is 0 Å². The lowest BCUT2D eigenvalue weighted by atomic mass is 10.6. The summed E-state index contributed by atoms with van der Waals surface area (Å²) in [6, 6.07) is 0. The molecule has 70 valence electrons. The molecule has 0 heterocycles. The summed E-state index contributed by atoms with van der Waals surface area (Å²) < 4.78 is 26.5. The summed E-state index contributed by atoms with van der Waals surface area (Å²) in [5.41, 5.74) is 0. The summed E-state index contributed by atoms with van der Waals surface area (Å²) in [5.74, 6) is 0. The average Bonchev–Trinajstić information content (AvgIpc) is 1.87. The van der Waals surface area contributed by atoms with Crippen LogP contribution in [0.15, 0.2) is 0 Å². The minimum Gasteiger partial charge on any atom is -0.307 e. The van der Waals surface area contributed by atoms with Crippen molar-refractivity contribution in [1.29, 1.82) is 0 Å². The minimum absolute atomic E-state index is 0.239. The molecule has 0 aliphatic carbocycles. The molecule has 0 saturated carbocycles. The second kappa shape index (κ2) is 4.91. The third kappa shape index (κ3) is 6.54.